The second-order valence-corrected chi connectivity index (χ2v) is 7.89. The minimum absolute atomic E-state index is 0.170. The van der Waals surface area contributed by atoms with Crippen molar-refractivity contribution in [2.75, 3.05) is 27.2 Å². The van der Waals surface area contributed by atoms with Gasteiger partial charge in [0.1, 0.15) is 29.2 Å². The van der Waals surface area contributed by atoms with Crippen LogP contribution in [-0.2, 0) is 25.7 Å². The van der Waals surface area contributed by atoms with Gasteiger partial charge in [-0.1, -0.05) is 12.1 Å². The molecule has 1 aromatic rings. The molecular weight excluding hydrogens is 376 g/mol. The van der Waals surface area contributed by atoms with Crippen molar-refractivity contribution in [2.45, 2.75) is 39.3 Å². The van der Waals surface area contributed by atoms with Crippen molar-refractivity contribution < 1.29 is 29.0 Å². The zero-order valence-electron chi connectivity index (χ0n) is 17.5. The molecule has 1 N–H and O–H groups in total. The summed E-state index contributed by atoms with van der Waals surface area (Å²) in [5, 5.41) is 10.2. The maximum atomic E-state index is 12.8. The van der Waals surface area contributed by atoms with E-state index in [9.17, 15) is 19.5 Å². The number of methoxy groups -OCH3 is 1. The quantitative estimate of drug-likeness (QED) is 0.576. The van der Waals surface area contributed by atoms with E-state index in [1.54, 1.807) is 40.0 Å². The molecule has 0 unspecified atom stereocenters. The summed E-state index contributed by atoms with van der Waals surface area (Å²) in [6.45, 7) is 5.44. The first-order valence-electron chi connectivity index (χ1n) is 9.33. The molecule has 0 saturated heterocycles. The van der Waals surface area contributed by atoms with Gasteiger partial charge in [-0.3, -0.25) is 14.4 Å². The number of amides is 2. The van der Waals surface area contributed by atoms with Crippen molar-refractivity contribution in [3.63, 3.8) is 0 Å². The lowest BCUT2D eigenvalue weighted by Crippen LogP contribution is -2.44. The van der Waals surface area contributed by atoms with Crippen molar-refractivity contribution in [2.24, 2.45) is 0 Å². The van der Waals surface area contributed by atoms with Gasteiger partial charge in [-0.05, 0) is 38.5 Å². The summed E-state index contributed by atoms with van der Waals surface area (Å²) < 4.78 is 10.3. The molecule has 1 aliphatic heterocycles. The Bertz CT molecular complexity index is 807. The largest absolute Gasteiger partial charge is 0.511 e. The van der Waals surface area contributed by atoms with Gasteiger partial charge in [-0.25, -0.2) is 0 Å². The van der Waals surface area contributed by atoms with Crippen molar-refractivity contribution in [1.82, 2.24) is 9.80 Å². The van der Waals surface area contributed by atoms with Crippen LogP contribution in [0.2, 0.25) is 0 Å². The first kappa shape index (κ1) is 22.3. The molecule has 0 fully saturated rings. The van der Waals surface area contributed by atoms with Gasteiger partial charge < -0.3 is 24.4 Å². The number of aliphatic hydroxyl groups excluding tert-OH is 1. The van der Waals surface area contributed by atoms with Crippen molar-refractivity contribution >= 4 is 17.8 Å². The van der Waals surface area contributed by atoms with Gasteiger partial charge in [0.05, 0.1) is 7.11 Å². The fourth-order valence-electron chi connectivity index (χ4n) is 2.90. The zero-order chi connectivity index (χ0) is 21.8. The minimum Gasteiger partial charge on any atom is -0.511 e. The Morgan fingerprint density at radius 2 is 1.83 bits per heavy atom. The van der Waals surface area contributed by atoms with E-state index < -0.39 is 23.4 Å². The molecule has 1 aromatic carbocycles. The molecule has 158 valence electrons. The number of carbonyl (C=O) groups excluding carboxylic acids is 3. The van der Waals surface area contributed by atoms with Crippen LogP contribution in [-0.4, -0.2) is 65.5 Å². The summed E-state index contributed by atoms with van der Waals surface area (Å²) in [5.74, 6) is -1.42. The molecule has 0 aromatic heterocycles. The highest BCUT2D eigenvalue weighted by Crippen LogP contribution is 2.22. The number of nitrogens with zero attached hydrogens (tertiary/aromatic N) is 2. The van der Waals surface area contributed by atoms with Crippen LogP contribution in [0.3, 0.4) is 0 Å². The third-order valence-corrected chi connectivity index (χ3v) is 4.29. The molecule has 0 aliphatic carbocycles. The summed E-state index contributed by atoms with van der Waals surface area (Å²) in [7, 11) is 2.96. The highest BCUT2D eigenvalue weighted by Gasteiger charge is 2.34. The number of benzene rings is 1. The second kappa shape index (κ2) is 8.98. The van der Waals surface area contributed by atoms with E-state index in [0.29, 0.717) is 18.8 Å². The Kier molecular flexibility index (Phi) is 6.89. The molecule has 0 bridgehead atoms. The van der Waals surface area contributed by atoms with Gasteiger partial charge in [0.2, 0.25) is 0 Å². The van der Waals surface area contributed by atoms with Gasteiger partial charge in [-0.2, -0.15) is 0 Å². The van der Waals surface area contributed by atoms with E-state index in [-0.39, 0.29) is 24.3 Å². The highest BCUT2D eigenvalue weighted by molar-refractivity contribution is 6.19. The number of rotatable bonds is 6. The van der Waals surface area contributed by atoms with Gasteiger partial charge in [0.25, 0.3) is 11.8 Å². The van der Waals surface area contributed by atoms with Crippen molar-refractivity contribution in [3.8, 4) is 5.75 Å². The average molecular weight is 404 g/mol. The number of aliphatic hydroxyl groups is 1. The standard InChI is InChI=1S/C21H28N2O6/c1-21(2,3)29-17(25)13-22(4)19(26)18-16(24)10-11-23(20(18)27)12-14-6-8-15(28-5)9-7-14/h6-9,24H,10-13H2,1-5H3. The monoisotopic (exact) mass is 404 g/mol. The van der Waals surface area contributed by atoms with Gasteiger partial charge in [0, 0.05) is 26.6 Å². The van der Waals surface area contributed by atoms with Crippen molar-refractivity contribution in [3.05, 3.63) is 41.2 Å². The second-order valence-electron chi connectivity index (χ2n) is 7.89. The number of esters is 1. The molecular formula is C21H28N2O6. The zero-order valence-corrected chi connectivity index (χ0v) is 17.5. The van der Waals surface area contributed by atoms with Crippen LogP contribution >= 0.6 is 0 Å². The number of likely N-dealkylation sites (N-methyl/N-ethyl adjacent to an activating group) is 1. The van der Waals surface area contributed by atoms with E-state index in [1.165, 1.54) is 11.9 Å². The first-order valence-corrected chi connectivity index (χ1v) is 9.33. The predicted octanol–water partition coefficient (Wildman–Crippen LogP) is 2.04. The summed E-state index contributed by atoms with van der Waals surface area (Å²) >= 11 is 0. The van der Waals surface area contributed by atoms with E-state index in [2.05, 4.69) is 0 Å². The smallest absolute Gasteiger partial charge is 0.326 e. The van der Waals surface area contributed by atoms with Crippen LogP contribution in [0.15, 0.2) is 35.6 Å². The normalized spacial score (nSPS) is 14.7. The molecule has 0 saturated carbocycles. The topological polar surface area (TPSA) is 96.4 Å². The summed E-state index contributed by atoms with van der Waals surface area (Å²) in [6, 6.07) is 7.25. The van der Waals surface area contributed by atoms with E-state index in [1.807, 2.05) is 12.1 Å². The fourth-order valence-corrected chi connectivity index (χ4v) is 2.90. The van der Waals surface area contributed by atoms with Gasteiger partial charge in [-0.15, -0.1) is 0 Å². The highest BCUT2D eigenvalue weighted by atomic mass is 16.6. The predicted molar refractivity (Wildman–Crippen MR) is 106 cm³/mol. The summed E-state index contributed by atoms with van der Waals surface area (Å²) in [5.41, 5.74) is -0.122. The number of hydrogen-bond acceptors (Lipinski definition) is 6. The van der Waals surface area contributed by atoms with E-state index >= 15 is 0 Å². The van der Waals surface area contributed by atoms with Crippen LogP contribution in [0.1, 0.15) is 32.8 Å². The molecule has 1 heterocycles. The first-order chi connectivity index (χ1) is 13.5. The maximum Gasteiger partial charge on any atom is 0.326 e. The molecule has 0 radical (unpaired) electrons. The molecule has 1 aliphatic rings. The molecule has 0 spiro atoms. The lowest BCUT2D eigenvalue weighted by Gasteiger charge is -2.30. The maximum absolute atomic E-state index is 12.8. The Morgan fingerprint density at radius 1 is 1.21 bits per heavy atom. The third kappa shape index (κ3) is 5.97. The third-order valence-electron chi connectivity index (χ3n) is 4.29. The lowest BCUT2D eigenvalue weighted by atomic mass is 10.0. The molecule has 0 atom stereocenters. The Hall–Kier alpha value is -3.03. The van der Waals surface area contributed by atoms with E-state index in [4.69, 9.17) is 9.47 Å². The van der Waals surface area contributed by atoms with Crippen LogP contribution < -0.4 is 4.74 Å². The van der Waals surface area contributed by atoms with Crippen LogP contribution in [0.5, 0.6) is 5.75 Å². The fraction of sp³-hybridized carbons (Fsp3) is 0.476. The molecule has 8 nitrogen and oxygen atoms in total. The number of carbonyl (C=O) groups is 3. The van der Waals surface area contributed by atoms with Gasteiger partial charge >= 0.3 is 5.97 Å². The summed E-state index contributed by atoms with van der Waals surface area (Å²) in [4.78, 5) is 40.1. The Balaban J connectivity index is 2.09. The molecule has 2 amide bonds. The van der Waals surface area contributed by atoms with Crippen molar-refractivity contribution in [1.29, 1.82) is 0 Å². The van der Waals surface area contributed by atoms with E-state index in [0.717, 1.165) is 10.5 Å². The minimum atomic E-state index is -0.710. The molecule has 2 rings (SSSR count). The number of hydrogen-bond donors (Lipinski definition) is 1. The molecule has 8 heteroatoms. The average Bonchev–Trinajstić information content (AvgIpc) is 2.63. The van der Waals surface area contributed by atoms with Crippen LogP contribution in [0, 0.1) is 0 Å². The van der Waals surface area contributed by atoms with Crippen LogP contribution in [0.25, 0.3) is 0 Å². The van der Waals surface area contributed by atoms with Gasteiger partial charge in [0.15, 0.2) is 0 Å². The lowest BCUT2D eigenvalue weighted by molar-refractivity contribution is -0.158. The Labute approximate surface area is 170 Å². The SMILES string of the molecule is COc1ccc(CN2CCC(O)=C(C(=O)N(C)CC(=O)OC(C)(C)C)C2=O)cc1. The molecule has 29 heavy (non-hydrogen) atoms. The number of ether oxygens (including phenoxy) is 2. The Morgan fingerprint density at radius 3 is 2.38 bits per heavy atom. The summed E-state index contributed by atoms with van der Waals surface area (Å²) in [6.07, 6.45) is 0.170. The van der Waals surface area contributed by atoms with Crippen LogP contribution in [0.4, 0.5) is 0 Å².